The maximum atomic E-state index is 12.9. The van der Waals surface area contributed by atoms with E-state index in [0.717, 1.165) is 51.3 Å². The fourth-order valence-electron chi connectivity index (χ4n) is 6.54. The van der Waals surface area contributed by atoms with Crippen LogP contribution in [0.1, 0.15) is 72.5 Å². The van der Waals surface area contributed by atoms with Crippen molar-refractivity contribution < 1.29 is 9.53 Å². The van der Waals surface area contributed by atoms with Crippen molar-refractivity contribution >= 4 is 5.91 Å². The third-order valence-electron chi connectivity index (χ3n) is 8.43. The number of hydrogen-bond acceptors (Lipinski definition) is 5. The van der Waals surface area contributed by atoms with E-state index < -0.39 is 0 Å². The van der Waals surface area contributed by atoms with Crippen molar-refractivity contribution in [2.45, 2.75) is 63.1 Å². The number of fused-ring (bicyclic) bond motifs is 2. The minimum atomic E-state index is -0.0185. The summed E-state index contributed by atoms with van der Waals surface area (Å²) in [5, 5.41) is 2.06. The van der Waals surface area contributed by atoms with Crippen LogP contribution in [-0.4, -0.2) is 72.6 Å². The number of piperidine rings is 2. The molecule has 2 aromatic rings. The molecule has 3 fully saturated rings. The standard InChI is InChI=1S/C31H42N4O2/c1-3-18-35-27-10-8-11-28(35)23-33(21-17-27)30(26-9-7-12-29(22-26)37-2)24-13-15-25(16-14-24)31(36)32-34-19-5-4-6-20-34/h3,7,9,12-16,22,27-28,30H,1,4-6,8,10-11,17-21,23H2,2H3,(H,32,36)/t27-,28?,30?/m1/s1. The van der Waals surface area contributed by atoms with Crippen LogP contribution in [-0.2, 0) is 0 Å². The Hall–Kier alpha value is -2.67. The maximum absolute atomic E-state index is 12.9. The first-order valence-corrected chi connectivity index (χ1v) is 14.1. The first kappa shape index (κ1) is 26.0. The smallest absolute Gasteiger partial charge is 0.265 e. The Morgan fingerprint density at radius 1 is 1.00 bits per heavy atom. The van der Waals surface area contributed by atoms with Gasteiger partial charge >= 0.3 is 0 Å². The predicted molar refractivity (Wildman–Crippen MR) is 149 cm³/mol. The SMILES string of the molecule is C=CCN1C2CCC[C@@H]1CCN(C(c1ccc(C(=O)NN3CCCCC3)cc1)c1cccc(OC)c1)C2. The summed E-state index contributed by atoms with van der Waals surface area (Å²) < 4.78 is 5.60. The van der Waals surface area contributed by atoms with Crippen molar-refractivity contribution in [2.24, 2.45) is 0 Å². The van der Waals surface area contributed by atoms with E-state index in [0.29, 0.717) is 17.6 Å². The van der Waals surface area contributed by atoms with E-state index in [1.165, 1.54) is 43.2 Å². The highest BCUT2D eigenvalue weighted by Crippen LogP contribution is 2.36. The molecule has 0 aliphatic carbocycles. The highest BCUT2D eigenvalue weighted by molar-refractivity contribution is 5.93. The van der Waals surface area contributed by atoms with Crippen molar-refractivity contribution in [1.82, 2.24) is 20.2 Å². The summed E-state index contributed by atoms with van der Waals surface area (Å²) in [6.07, 6.45) is 10.6. The molecular formula is C31H42N4O2. The summed E-state index contributed by atoms with van der Waals surface area (Å²) in [7, 11) is 1.73. The lowest BCUT2D eigenvalue weighted by Gasteiger charge is -2.41. The van der Waals surface area contributed by atoms with Crippen molar-refractivity contribution in [3.05, 3.63) is 77.9 Å². The Balaban J connectivity index is 1.41. The molecule has 6 heteroatoms. The number of hydrogen-bond donors (Lipinski definition) is 1. The molecule has 3 atom stereocenters. The normalized spacial score (nSPS) is 24.1. The lowest BCUT2D eigenvalue weighted by Crippen LogP contribution is -2.48. The second-order valence-electron chi connectivity index (χ2n) is 10.8. The van der Waals surface area contributed by atoms with Gasteiger partial charge in [-0.05, 0) is 67.5 Å². The van der Waals surface area contributed by atoms with Crippen molar-refractivity contribution in [1.29, 1.82) is 0 Å². The number of ether oxygens (including phenoxy) is 1. The first-order chi connectivity index (χ1) is 18.2. The second kappa shape index (κ2) is 12.2. The van der Waals surface area contributed by atoms with E-state index in [-0.39, 0.29) is 11.9 Å². The molecular weight excluding hydrogens is 460 g/mol. The second-order valence-corrected chi connectivity index (χ2v) is 10.8. The number of benzene rings is 2. The summed E-state index contributed by atoms with van der Waals surface area (Å²) in [5.41, 5.74) is 6.26. The third-order valence-corrected chi connectivity index (χ3v) is 8.43. The van der Waals surface area contributed by atoms with Crippen LogP contribution >= 0.6 is 0 Å². The molecule has 198 valence electrons. The van der Waals surface area contributed by atoms with Gasteiger partial charge in [0.2, 0.25) is 0 Å². The number of rotatable bonds is 8. The van der Waals surface area contributed by atoms with Gasteiger partial charge in [0, 0.05) is 50.4 Å². The molecule has 3 aliphatic heterocycles. The molecule has 0 saturated carbocycles. The zero-order chi connectivity index (χ0) is 25.6. The number of nitrogens with one attached hydrogen (secondary N) is 1. The minimum Gasteiger partial charge on any atom is -0.497 e. The average molecular weight is 503 g/mol. The lowest BCUT2D eigenvalue weighted by molar-refractivity contribution is 0.0750. The van der Waals surface area contributed by atoms with Crippen molar-refractivity contribution in [3.63, 3.8) is 0 Å². The molecule has 2 aromatic carbocycles. The van der Waals surface area contributed by atoms with E-state index in [1.54, 1.807) is 7.11 Å². The summed E-state index contributed by atoms with van der Waals surface area (Å²) in [5.74, 6) is 0.858. The monoisotopic (exact) mass is 502 g/mol. The fraction of sp³-hybridized carbons (Fsp3) is 0.516. The topological polar surface area (TPSA) is 48.0 Å². The zero-order valence-corrected chi connectivity index (χ0v) is 22.3. The van der Waals surface area contributed by atoms with Gasteiger partial charge < -0.3 is 4.74 Å². The van der Waals surface area contributed by atoms with E-state index >= 15 is 0 Å². The largest absolute Gasteiger partial charge is 0.497 e. The Morgan fingerprint density at radius 3 is 2.54 bits per heavy atom. The molecule has 0 radical (unpaired) electrons. The molecule has 5 rings (SSSR count). The number of amides is 1. The lowest BCUT2D eigenvalue weighted by atomic mass is 9.94. The van der Waals surface area contributed by atoms with E-state index in [9.17, 15) is 4.79 Å². The summed E-state index contributed by atoms with van der Waals surface area (Å²) >= 11 is 0. The third kappa shape index (κ3) is 6.08. The minimum absolute atomic E-state index is 0.0185. The summed E-state index contributed by atoms with van der Waals surface area (Å²) in [4.78, 5) is 18.3. The quantitative estimate of drug-likeness (QED) is 0.513. The number of nitrogens with zero attached hydrogens (tertiary/aromatic N) is 3. The van der Waals surface area contributed by atoms with Gasteiger partial charge in [-0.2, -0.15) is 0 Å². The molecule has 3 aliphatic rings. The molecule has 2 bridgehead atoms. The van der Waals surface area contributed by atoms with Crippen LogP contribution in [0.5, 0.6) is 5.75 Å². The van der Waals surface area contributed by atoms with Crippen LogP contribution < -0.4 is 10.2 Å². The van der Waals surface area contributed by atoms with Crippen LogP contribution in [0.25, 0.3) is 0 Å². The van der Waals surface area contributed by atoms with Gasteiger partial charge in [-0.25, -0.2) is 5.01 Å². The van der Waals surface area contributed by atoms with E-state index in [2.05, 4.69) is 63.2 Å². The van der Waals surface area contributed by atoms with Gasteiger partial charge in [0.15, 0.2) is 0 Å². The van der Waals surface area contributed by atoms with Gasteiger partial charge in [0.1, 0.15) is 5.75 Å². The highest BCUT2D eigenvalue weighted by Gasteiger charge is 2.36. The van der Waals surface area contributed by atoms with Crippen LogP contribution in [0.4, 0.5) is 0 Å². The maximum Gasteiger partial charge on any atom is 0.265 e. The van der Waals surface area contributed by atoms with Crippen LogP contribution in [0.15, 0.2) is 61.2 Å². The number of methoxy groups -OCH3 is 1. The number of carbonyl (C=O) groups excluding carboxylic acids is 1. The van der Waals surface area contributed by atoms with Crippen LogP contribution in [0.3, 0.4) is 0 Å². The highest BCUT2D eigenvalue weighted by atomic mass is 16.5. The van der Waals surface area contributed by atoms with Crippen molar-refractivity contribution in [3.8, 4) is 5.75 Å². The molecule has 1 N–H and O–H groups in total. The summed E-state index contributed by atoms with van der Waals surface area (Å²) in [6.45, 7) is 8.95. The van der Waals surface area contributed by atoms with E-state index in [4.69, 9.17) is 4.74 Å². The average Bonchev–Trinajstić information content (AvgIpc) is 3.02. The molecule has 37 heavy (non-hydrogen) atoms. The number of hydrazine groups is 1. The zero-order valence-electron chi connectivity index (χ0n) is 22.3. The Morgan fingerprint density at radius 2 is 1.78 bits per heavy atom. The molecule has 0 aromatic heterocycles. The molecule has 2 unspecified atom stereocenters. The van der Waals surface area contributed by atoms with Gasteiger partial charge in [-0.15, -0.1) is 6.58 Å². The Bertz CT molecular complexity index is 1050. The van der Waals surface area contributed by atoms with Crippen LogP contribution in [0.2, 0.25) is 0 Å². The first-order valence-electron chi connectivity index (χ1n) is 14.1. The molecule has 0 spiro atoms. The molecule has 3 saturated heterocycles. The van der Waals surface area contributed by atoms with Gasteiger partial charge in [0.05, 0.1) is 13.2 Å². The van der Waals surface area contributed by atoms with Gasteiger partial charge in [-0.3, -0.25) is 20.0 Å². The van der Waals surface area contributed by atoms with Gasteiger partial charge in [0.25, 0.3) is 5.91 Å². The Labute approximate surface area is 222 Å². The fourth-order valence-corrected chi connectivity index (χ4v) is 6.54. The summed E-state index contributed by atoms with van der Waals surface area (Å²) in [6, 6.07) is 18.0. The molecule has 6 nitrogen and oxygen atoms in total. The molecule has 1 amide bonds. The number of carbonyl (C=O) groups is 1. The Kier molecular flexibility index (Phi) is 8.59. The van der Waals surface area contributed by atoms with E-state index in [1.807, 2.05) is 18.2 Å². The molecule has 3 heterocycles. The van der Waals surface area contributed by atoms with Crippen molar-refractivity contribution in [2.75, 3.05) is 39.8 Å². The predicted octanol–water partition coefficient (Wildman–Crippen LogP) is 5.03. The van der Waals surface area contributed by atoms with Gasteiger partial charge in [-0.1, -0.05) is 43.2 Å². The van der Waals surface area contributed by atoms with Crippen LogP contribution in [0, 0.1) is 0 Å².